The van der Waals surface area contributed by atoms with Gasteiger partial charge in [0.25, 0.3) is 5.69 Å². The molecule has 0 radical (unpaired) electrons. The van der Waals surface area contributed by atoms with Gasteiger partial charge in [-0.05, 0) is 25.0 Å². The Balaban J connectivity index is 2.45. The van der Waals surface area contributed by atoms with Crippen molar-refractivity contribution >= 4 is 17.3 Å². The van der Waals surface area contributed by atoms with E-state index in [9.17, 15) is 10.1 Å². The number of hydrogen-bond acceptors (Lipinski definition) is 4. The Morgan fingerprint density at radius 2 is 2.15 bits per heavy atom. The molecule has 110 valence electrons. The van der Waals surface area contributed by atoms with Crippen LogP contribution >= 0.6 is 0 Å². The molecule has 20 heavy (non-hydrogen) atoms. The first-order valence-electron chi connectivity index (χ1n) is 6.45. The smallest absolute Gasteiger partial charge is 0.292 e. The first-order chi connectivity index (χ1) is 9.58. The first kappa shape index (κ1) is 15.7. The van der Waals surface area contributed by atoms with Gasteiger partial charge in [-0.25, -0.2) is 0 Å². The number of benzene rings is 1. The van der Waals surface area contributed by atoms with Gasteiger partial charge in [-0.3, -0.25) is 15.1 Å². The largest absolute Gasteiger partial charge is 0.379 e. The van der Waals surface area contributed by atoms with Gasteiger partial charge in [0.1, 0.15) is 5.69 Å². The van der Waals surface area contributed by atoms with Crippen molar-refractivity contribution in [2.75, 3.05) is 32.5 Å². The number of nitro groups is 1. The van der Waals surface area contributed by atoms with E-state index in [1.54, 1.807) is 26.2 Å². The summed E-state index contributed by atoms with van der Waals surface area (Å²) in [5.41, 5.74) is 1.55. The van der Waals surface area contributed by atoms with Crippen LogP contribution in [0.3, 0.4) is 0 Å². The lowest BCUT2D eigenvalue weighted by Gasteiger charge is -2.10. The molecule has 0 aliphatic carbocycles. The highest BCUT2D eigenvalue weighted by atomic mass is 16.6. The number of nitrogens with one attached hydrogen (secondary N) is 3. The Labute approximate surface area is 118 Å². The number of rotatable bonds is 6. The molecule has 7 heteroatoms. The predicted molar refractivity (Wildman–Crippen MR) is 81.4 cm³/mol. The predicted octanol–water partition coefficient (Wildman–Crippen LogP) is 1.50. The third-order valence-electron chi connectivity index (χ3n) is 2.77. The van der Waals surface area contributed by atoms with Gasteiger partial charge in [-0.1, -0.05) is 6.07 Å². The Morgan fingerprint density at radius 3 is 2.75 bits per heavy atom. The summed E-state index contributed by atoms with van der Waals surface area (Å²) in [6, 6.07) is 5.17. The Morgan fingerprint density at radius 1 is 1.40 bits per heavy atom. The van der Waals surface area contributed by atoms with E-state index in [1.807, 2.05) is 13.0 Å². The van der Waals surface area contributed by atoms with E-state index in [4.69, 9.17) is 0 Å². The van der Waals surface area contributed by atoms with Gasteiger partial charge in [-0.2, -0.15) is 0 Å². The number of nitrogens with zero attached hydrogens (tertiary/aromatic N) is 2. The number of nitro benzene ring substituents is 1. The van der Waals surface area contributed by atoms with Crippen LogP contribution in [0.1, 0.15) is 12.0 Å². The molecule has 0 atom stereocenters. The van der Waals surface area contributed by atoms with E-state index in [2.05, 4.69) is 20.9 Å². The molecule has 3 N–H and O–H groups in total. The Kier molecular flexibility index (Phi) is 6.28. The first-order valence-corrected chi connectivity index (χ1v) is 6.45. The molecule has 1 aromatic rings. The summed E-state index contributed by atoms with van der Waals surface area (Å²) < 4.78 is 0. The molecular weight excluding hydrogens is 258 g/mol. The van der Waals surface area contributed by atoms with E-state index < -0.39 is 0 Å². The summed E-state index contributed by atoms with van der Waals surface area (Å²) in [5, 5.41) is 20.1. The summed E-state index contributed by atoms with van der Waals surface area (Å²) in [6.07, 6.45) is 0.825. The van der Waals surface area contributed by atoms with Crippen LogP contribution in [0.2, 0.25) is 0 Å². The number of guanidine groups is 1. The number of aliphatic imine (C=N–C) groups is 1. The van der Waals surface area contributed by atoms with Crippen LogP contribution in [0.4, 0.5) is 11.4 Å². The zero-order valence-corrected chi connectivity index (χ0v) is 12.1. The summed E-state index contributed by atoms with van der Waals surface area (Å²) in [4.78, 5) is 14.6. The lowest BCUT2D eigenvalue weighted by atomic mass is 10.2. The monoisotopic (exact) mass is 279 g/mol. The quantitative estimate of drug-likeness (QED) is 0.241. The molecule has 0 amide bonds. The van der Waals surface area contributed by atoms with E-state index >= 15 is 0 Å². The molecule has 0 fully saturated rings. The van der Waals surface area contributed by atoms with Crippen molar-refractivity contribution in [1.29, 1.82) is 0 Å². The molecule has 1 rings (SSSR count). The minimum absolute atomic E-state index is 0.115. The molecule has 0 aliphatic heterocycles. The zero-order chi connectivity index (χ0) is 15.0. The summed E-state index contributed by atoms with van der Waals surface area (Å²) >= 11 is 0. The fraction of sp³-hybridized carbons (Fsp3) is 0.462. The van der Waals surface area contributed by atoms with Crippen molar-refractivity contribution < 1.29 is 4.92 Å². The van der Waals surface area contributed by atoms with Gasteiger partial charge in [0.2, 0.25) is 0 Å². The van der Waals surface area contributed by atoms with Crippen LogP contribution in [-0.4, -0.2) is 38.1 Å². The second-order valence-corrected chi connectivity index (χ2v) is 4.31. The van der Waals surface area contributed by atoms with Crippen LogP contribution in [0.15, 0.2) is 23.2 Å². The molecule has 0 aliphatic rings. The van der Waals surface area contributed by atoms with Gasteiger partial charge in [0.15, 0.2) is 5.96 Å². The number of anilines is 1. The Hall–Kier alpha value is -2.31. The van der Waals surface area contributed by atoms with Crippen LogP contribution < -0.4 is 16.0 Å². The fourth-order valence-electron chi connectivity index (χ4n) is 1.74. The molecule has 0 unspecified atom stereocenters. The Bertz CT molecular complexity index is 488. The number of hydrogen-bond donors (Lipinski definition) is 3. The zero-order valence-electron chi connectivity index (χ0n) is 12.1. The molecule has 0 aromatic heterocycles. The highest BCUT2D eigenvalue weighted by molar-refractivity contribution is 5.79. The average Bonchev–Trinajstić information content (AvgIpc) is 2.44. The molecule has 0 saturated heterocycles. The van der Waals surface area contributed by atoms with E-state index in [1.165, 1.54) is 0 Å². The molecule has 0 heterocycles. The fourth-order valence-corrected chi connectivity index (χ4v) is 1.74. The van der Waals surface area contributed by atoms with E-state index in [0.29, 0.717) is 12.2 Å². The molecule has 0 bridgehead atoms. The van der Waals surface area contributed by atoms with Crippen molar-refractivity contribution in [1.82, 2.24) is 10.6 Å². The molecule has 0 spiro atoms. The van der Waals surface area contributed by atoms with Crippen molar-refractivity contribution in [2.45, 2.75) is 13.3 Å². The van der Waals surface area contributed by atoms with Crippen molar-refractivity contribution in [3.8, 4) is 0 Å². The van der Waals surface area contributed by atoms with Crippen molar-refractivity contribution in [3.63, 3.8) is 0 Å². The normalized spacial score (nSPS) is 11.1. The van der Waals surface area contributed by atoms with Crippen LogP contribution in [0.25, 0.3) is 0 Å². The summed E-state index contributed by atoms with van der Waals surface area (Å²) in [7, 11) is 3.50. The second kappa shape index (κ2) is 7.98. The minimum atomic E-state index is -0.365. The van der Waals surface area contributed by atoms with E-state index in [0.717, 1.165) is 24.5 Å². The lowest BCUT2D eigenvalue weighted by Crippen LogP contribution is -2.35. The highest BCUT2D eigenvalue weighted by Crippen LogP contribution is 2.24. The summed E-state index contributed by atoms with van der Waals surface area (Å²) in [5.74, 6) is 0.728. The van der Waals surface area contributed by atoms with Gasteiger partial charge in [0, 0.05) is 33.3 Å². The van der Waals surface area contributed by atoms with Crippen molar-refractivity contribution in [2.24, 2.45) is 4.99 Å². The maximum absolute atomic E-state index is 11.0. The third-order valence-corrected chi connectivity index (χ3v) is 2.77. The molecular formula is C13H21N5O2. The number of aryl methyl sites for hydroxylation is 1. The van der Waals surface area contributed by atoms with Gasteiger partial charge in [-0.15, -0.1) is 0 Å². The van der Waals surface area contributed by atoms with E-state index in [-0.39, 0.29) is 10.6 Å². The summed E-state index contributed by atoms with van der Waals surface area (Å²) in [6.45, 7) is 3.22. The molecule has 1 aromatic carbocycles. The maximum Gasteiger partial charge on any atom is 0.292 e. The molecule has 0 saturated carbocycles. The van der Waals surface area contributed by atoms with Crippen LogP contribution in [0, 0.1) is 17.0 Å². The van der Waals surface area contributed by atoms with Gasteiger partial charge >= 0.3 is 0 Å². The van der Waals surface area contributed by atoms with Crippen LogP contribution in [-0.2, 0) is 0 Å². The maximum atomic E-state index is 11.0. The lowest BCUT2D eigenvalue weighted by molar-refractivity contribution is -0.384. The second-order valence-electron chi connectivity index (χ2n) is 4.31. The van der Waals surface area contributed by atoms with Gasteiger partial charge in [0.05, 0.1) is 4.92 Å². The van der Waals surface area contributed by atoms with Crippen molar-refractivity contribution in [3.05, 3.63) is 33.9 Å². The SMILES string of the molecule is CN=C(NC)NCCCNc1ccc(C)cc1[N+](=O)[O-]. The standard InChI is InChI=1S/C13H21N5O2/c1-10-5-6-11(12(9-10)18(19)20)16-7-4-8-17-13(14-2)15-3/h5-6,9,16H,4,7-8H2,1-3H3,(H2,14,15,17). The topological polar surface area (TPSA) is 91.6 Å². The molecule has 7 nitrogen and oxygen atoms in total. The average molecular weight is 279 g/mol. The van der Waals surface area contributed by atoms with Gasteiger partial charge < -0.3 is 16.0 Å². The van der Waals surface area contributed by atoms with Crippen LogP contribution in [0.5, 0.6) is 0 Å². The minimum Gasteiger partial charge on any atom is -0.379 e. The highest BCUT2D eigenvalue weighted by Gasteiger charge is 2.12. The third kappa shape index (κ3) is 4.75.